The third-order valence-corrected chi connectivity index (χ3v) is 4.12. The smallest absolute Gasteiger partial charge is 0.341 e. The van der Waals surface area contributed by atoms with Crippen LogP contribution in [-0.2, 0) is 14.3 Å². The number of piperidine rings is 1. The second kappa shape index (κ2) is 7.54. The molecule has 0 unspecified atom stereocenters. The number of hydrogen-bond acceptors (Lipinski definition) is 4. The minimum Gasteiger partial charge on any atom is -0.452 e. The summed E-state index contributed by atoms with van der Waals surface area (Å²) in [5.74, 6) is -2.77. The van der Waals surface area contributed by atoms with Gasteiger partial charge in [-0.1, -0.05) is 15.9 Å². The fourth-order valence-corrected chi connectivity index (χ4v) is 2.80. The van der Waals surface area contributed by atoms with Crippen molar-refractivity contribution in [1.29, 1.82) is 0 Å². The molecule has 0 radical (unpaired) electrons. The summed E-state index contributed by atoms with van der Waals surface area (Å²) in [6.45, 7) is -0.172. The molecule has 2 amide bonds. The first-order valence-corrected chi connectivity index (χ1v) is 7.90. The van der Waals surface area contributed by atoms with Gasteiger partial charge in [0.25, 0.3) is 5.91 Å². The zero-order valence-electron chi connectivity index (χ0n) is 12.3. The number of esters is 1. The van der Waals surface area contributed by atoms with Crippen LogP contribution in [0.1, 0.15) is 29.6 Å². The summed E-state index contributed by atoms with van der Waals surface area (Å²) in [6.07, 6.45) is 2.06. The Balaban J connectivity index is 1.97. The molecule has 1 aromatic carbocycles. The molecule has 1 aromatic rings. The highest BCUT2D eigenvalue weighted by molar-refractivity contribution is 9.10. The van der Waals surface area contributed by atoms with E-state index >= 15 is 0 Å². The molecule has 0 saturated carbocycles. The molecule has 2 N–H and O–H groups in total. The van der Waals surface area contributed by atoms with Crippen molar-refractivity contribution in [2.75, 3.05) is 13.2 Å². The van der Waals surface area contributed by atoms with Crippen LogP contribution in [0.2, 0.25) is 0 Å². The van der Waals surface area contributed by atoms with E-state index in [0.29, 0.717) is 17.4 Å². The van der Waals surface area contributed by atoms with Crippen molar-refractivity contribution >= 4 is 33.7 Å². The molecule has 2 rings (SSSR count). The number of halogens is 2. The van der Waals surface area contributed by atoms with Crippen molar-refractivity contribution in [3.8, 4) is 0 Å². The number of benzene rings is 1. The average molecular weight is 387 g/mol. The molecule has 1 aliphatic heterocycles. The first-order chi connectivity index (χ1) is 10.9. The number of ether oxygens (including phenoxy) is 1. The first-order valence-electron chi connectivity index (χ1n) is 7.11. The number of primary amides is 1. The van der Waals surface area contributed by atoms with Crippen molar-refractivity contribution in [2.24, 2.45) is 5.73 Å². The zero-order chi connectivity index (χ0) is 17.0. The van der Waals surface area contributed by atoms with E-state index in [1.165, 1.54) is 17.0 Å². The molecule has 124 valence electrons. The Hall–Kier alpha value is -1.96. The Morgan fingerprint density at radius 3 is 2.74 bits per heavy atom. The maximum absolute atomic E-state index is 13.7. The van der Waals surface area contributed by atoms with E-state index in [9.17, 15) is 18.8 Å². The summed E-state index contributed by atoms with van der Waals surface area (Å²) in [6, 6.07) is 3.21. The van der Waals surface area contributed by atoms with Gasteiger partial charge in [0.15, 0.2) is 6.61 Å². The van der Waals surface area contributed by atoms with Crippen LogP contribution in [0.5, 0.6) is 0 Å². The molecule has 1 fully saturated rings. The van der Waals surface area contributed by atoms with E-state index in [0.717, 1.165) is 18.9 Å². The maximum atomic E-state index is 13.7. The molecular weight excluding hydrogens is 371 g/mol. The Labute approximate surface area is 140 Å². The number of nitrogens with zero attached hydrogens (tertiary/aromatic N) is 1. The molecule has 0 bridgehead atoms. The first kappa shape index (κ1) is 17.4. The quantitative estimate of drug-likeness (QED) is 0.795. The molecule has 1 aliphatic rings. The monoisotopic (exact) mass is 386 g/mol. The van der Waals surface area contributed by atoms with E-state index in [1.54, 1.807) is 0 Å². The Morgan fingerprint density at radius 1 is 1.35 bits per heavy atom. The molecule has 6 nitrogen and oxygen atoms in total. The SMILES string of the molecule is NC(=O)[C@H]1CCCCN1C(=O)COC(=O)c1ccc(Br)cc1F. The van der Waals surface area contributed by atoms with Crippen LogP contribution in [0, 0.1) is 5.82 Å². The van der Waals surface area contributed by atoms with Crippen LogP contribution >= 0.6 is 15.9 Å². The van der Waals surface area contributed by atoms with Gasteiger partial charge in [-0.2, -0.15) is 0 Å². The normalized spacial score (nSPS) is 17.7. The predicted molar refractivity (Wildman–Crippen MR) is 82.9 cm³/mol. The number of amides is 2. The van der Waals surface area contributed by atoms with Gasteiger partial charge in [-0.25, -0.2) is 9.18 Å². The van der Waals surface area contributed by atoms with Gasteiger partial charge in [-0.3, -0.25) is 9.59 Å². The van der Waals surface area contributed by atoms with Crippen molar-refractivity contribution in [2.45, 2.75) is 25.3 Å². The fourth-order valence-electron chi connectivity index (χ4n) is 2.47. The van der Waals surface area contributed by atoms with E-state index in [1.807, 2.05) is 0 Å². The lowest BCUT2D eigenvalue weighted by molar-refractivity contribution is -0.143. The van der Waals surface area contributed by atoms with Gasteiger partial charge in [0.1, 0.15) is 11.9 Å². The molecule has 23 heavy (non-hydrogen) atoms. The van der Waals surface area contributed by atoms with Crippen molar-refractivity contribution in [3.05, 3.63) is 34.1 Å². The molecule has 0 aromatic heterocycles. The topological polar surface area (TPSA) is 89.7 Å². The Bertz CT molecular complexity index is 638. The summed E-state index contributed by atoms with van der Waals surface area (Å²) in [5, 5.41) is 0. The lowest BCUT2D eigenvalue weighted by Gasteiger charge is -2.33. The Kier molecular flexibility index (Phi) is 5.70. The van der Waals surface area contributed by atoms with Gasteiger partial charge in [-0.05, 0) is 37.5 Å². The minimum absolute atomic E-state index is 0.258. The van der Waals surface area contributed by atoms with Crippen molar-refractivity contribution in [1.82, 2.24) is 4.90 Å². The molecule has 8 heteroatoms. The number of carbonyl (C=O) groups is 3. The van der Waals surface area contributed by atoms with E-state index < -0.39 is 36.2 Å². The zero-order valence-corrected chi connectivity index (χ0v) is 13.8. The van der Waals surface area contributed by atoms with Gasteiger partial charge >= 0.3 is 5.97 Å². The second-order valence-corrected chi connectivity index (χ2v) is 6.12. The standard InChI is InChI=1S/C15H16BrFN2O4/c16-9-4-5-10(11(17)7-9)15(22)23-8-13(20)19-6-2-1-3-12(19)14(18)21/h4-5,7,12H,1-3,6,8H2,(H2,18,21)/t12-/m1/s1. The summed E-state index contributed by atoms with van der Waals surface area (Å²) in [5.41, 5.74) is 5.02. The molecule has 1 atom stereocenters. The minimum atomic E-state index is -0.934. The molecule has 0 aliphatic carbocycles. The number of carbonyl (C=O) groups excluding carboxylic acids is 3. The van der Waals surface area contributed by atoms with Gasteiger partial charge in [0.2, 0.25) is 5.91 Å². The highest BCUT2D eigenvalue weighted by Gasteiger charge is 2.31. The van der Waals surface area contributed by atoms with Crippen LogP contribution in [0.15, 0.2) is 22.7 Å². The summed E-state index contributed by atoms with van der Waals surface area (Å²) < 4.78 is 19.0. The van der Waals surface area contributed by atoms with Gasteiger partial charge in [0.05, 0.1) is 5.56 Å². The predicted octanol–water partition coefficient (Wildman–Crippen LogP) is 1.61. The average Bonchev–Trinajstić information content (AvgIpc) is 2.52. The number of nitrogens with two attached hydrogens (primary N) is 1. The van der Waals surface area contributed by atoms with E-state index in [4.69, 9.17) is 10.5 Å². The maximum Gasteiger partial charge on any atom is 0.341 e. The van der Waals surface area contributed by atoms with Gasteiger partial charge in [0, 0.05) is 11.0 Å². The number of likely N-dealkylation sites (tertiary alicyclic amines) is 1. The highest BCUT2D eigenvalue weighted by Crippen LogP contribution is 2.18. The van der Waals surface area contributed by atoms with Crippen molar-refractivity contribution in [3.63, 3.8) is 0 Å². The summed E-state index contributed by atoms with van der Waals surface area (Å²) in [7, 11) is 0. The van der Waals surface area contributed by atoms with Crippen LogP contribution in [-0.4, -0.2) is 41.9 Å². The van der Waals surface area contributed by atoms with Gasteiger partial charge in [-0.15, -0.1) is 0 Å². The van der Waals surface area contributed by atoms with Crippen molar-refractivity contribution < 1.29 is 23.5 Å². The summed E-state index contributed by atoms with van der Waals surface area (Å²) in [4.78, 5) is 36.7. The van der Waals surface area contributed by atoms with Crippen LogP contribution in [0.4, 0.5) is 4.39 Å². The molecule has 0 spiro atoms. The lowest BCUT2D eigenvalue weighted by atomic mass is 10.0. The Morgan fingerprint density at radius 2 is 2.09 bits per heavy atom. The van der Waals surface area contributed by atoms with Crippen LogP contribution in [0.25, 0.3) is 0 Å². The molecule has 1 saturated heterocycles. The highest BCUT2D eigenvalue weighted by atomic mass is 79.9. The number of hydrogen-bond donors (Lipinski definition) is 1. The largest absolute Gasteiger partial charge is 0.452 e. The second-order valence-electron chi connectivity index (χ2n) is 5.20. The van der Waals surface area contributed by atoms with E-state index in [2.05, 4.69) is 15.9 Å². The van der Waals surface area contributed by atoms with Gasteiger partial charge < -0.3 is 15.4 Å². The van der Waals surface area contributed by atoms with Crippen LogP contribution in [0.3, 0.4) is 0 Å². The fraction of sp³-hybridized carbons (Fsp3) is 0.400. The number of rotatable bonds is 4. The van der Waals surface area contributed by atoms with E-state index in [-0.39, 0.29) is 5.56 Å². The third-order valence-electron chi connectivity index (χ3n) is 3.63. The third kappa shape index (κ3) is 4.28. The van der Waals surface area contributed by atoms with Crippen LogP contribution < -0.4 is 5.73 Å². The summed E-state index contributed by atoms with van der Waals surface area (Å²) >= 11 is 3.08. The lowest BCUT2D eigenvalue weighted by Crippen LogP contribution is -2.51. The molecular formula is C15H16BrFN2O4. The molecule has 1 heterocycles.